The smallest absolute Gasteiger partial charge is 0.223 e. The second kappa shape index (κ2) is 8.49. The van der Waals surface area contributed by atoms with Crippen molar-refractivity contribution >= 4 is 17.5 Å². The predicted octanol–water partition coefficient (Wildman–Crippen LogP) is 4.11. The molecule has 7 rings (SSSR count). The topological polar surface area (TPSA) is 52.6 Å². The van der Waals surface area contributed by atoms with Crippen LogP contribution in [-0.2, 0) is 4.79 Å². The van der Waals surface area contributed by atoms with E-state index in [0.717, 1.165) is 75.1 Å². The molecule has 1 aromatic heterocycles. The van der Waals surface area contributed by atoms with E-state index in [2.05, 4.69) is 37.0 Å². The van der Waals surface area contributed by atoms with Gasteiger partial charge in [0.15, 0.2) is 11.6 Å². The van der Waals surface area contributed by atoms with Crippen LogP contribution in [-0.4, -0.2) is 60.3 Å². The van der Waals surface area contributed by atoms with Crippen LogP contribution in [0, 0.1) is 23.2 Å². The molecule has 6 heteroatoms. The summed E-state index contributed by atoms with van der Waals surface area (Å²) in [6, 6.07) is 4.26. The summed E-state index contributed by atoms with van der Waals surface area (Å²) in [5.41, 5.74) is 0.345. The first-order valence-corrected chi connectivity index (χ1v) is 13.3. The molecule has 2 aliphatic heterocycles. The van der Waals surface area contributed by atoms with Gasteiger partial charge in [0.2, 0.25) is 5.91 Å². The summed E-state index contributed by atoms with van der Waals surface area (Å²) >= 11 is 0. The zero-order valence-electron chi connectivity index (χ0n) is 19.6. The summed E-state index contributed by atoms with van der Waals surface area (Å²) in [6.07, 6.45) is 14.3. The number of nitrogens with zero attached hydrogens (tertiary/aromatic N) is 5. The molecule has 4 bridgehead atoms. The molecule has 0 aromatic carbocycles. The Labute approximate surface area is 192 Å². The maximum absolute atomic E-state index is 13.2. The van der Waals surface area contributed by atoms with Gasteiger partial charge in [-0.2, -0.15) is 0 Å². The minimum Gasteiger partial charge on any atom is -0.355 e. The van der Waals surface area contributed by atoms with Crippen molar-refractivity contribution < 1.29 is 4.79 Å². The highest BCUT2D eigenvalue weighted by atomic mass is 16.2. The third kappa shape index (κ3) is 4.10. The molecule has 6 aliphatic rings. The van der Waals surface area contributed by atoms with Gasteiger partial charge in [-0.05, 0) is 86.7 Å². The summed E-state index contributed by atoms with van der Waals surface area (Å²) in [5, 5.41) is 9.11. The number of hydrogen-bond acceptors (Lipinski definition) is 5. The summed E-state index contributed by atoms with van der Waals surface area (Å²) in [7, 11) is 0. The molecular formula is C26H39N5O. The molecule has 0 N–H and O–H groups in total. The Kier molecular flexibility index (Phi) is 5.50. The molecule has 0 unspecified atom stereocenters. The Bertz CT molecular complexity index is 773. The molecule has 6 nitrogen and oxygen atoms in total. The quantitative estimate of drug-likeness (QED) is 0.709. The number of anilines is 2. The van der Waals surface area contributed by atoms with Crippen molar-refractivity contribution in [3.8, 4) is 0 Å². The first-order chi connectivity index (χ1) is 15.7. The van der Waals surface area contributed by atoms with E-state index < -0.39 is 0 Å². The summed E-state index contributed by atoms with van der Waals surface area (Å²) in [6.45, 7) is 5.56. The first-order valence-electron chi connectivity index (χ1n) is 13.3. The van der Waals surface area contributed by atoms with E-state index in [4.69, 9.17) is 0 Å². The Morgan fingerprint density at radius 2 is 1.25 bits per heavy atom. The molecule has 32 heavy (non-hydrogen) atoms. The van der Waals surface area contributed by atoms with Gasteiger partial charge in [-0.25, -0.2) is 0 Å². The Balaban J connectivity index is 1.03. The largest absolute Gasteiger partial charge is 0.355 e. The monoisotopic (exact) mass is 437 g/mol. The van der Waals surface area contributed by atoms with Crippen LogP contribution in [0.3, 0.4) is 0 Å². The van der Waals surface area contributed by atoms with Crippen LogP contribution in [0.2, 0.25) is 0 Å². The average molecular weight is 438 g/mol. The third-order valence-electron chi connectivity index (χ3n) is 9.21. The van der Waals surface area contributed by atoms with Crippen molar-refractivity contribution in [2.24, 2.45) is 23.2 Å². The fraction of sp³-hybridized carbons (Fsp3) is 0.808. The van der Waals surface area contributed by atoms with Crippen LogP contribution >= 0.6 is 0 Å². The molecule has 4 aliphatic carbocycles. The lowest BCUT2D eigenvalue weighted by atomic mass is 9.49. The van der Waals surface area contributed by atoms with Crippen molar-refractivity contribution in [3.63, 3.8) is 0 Å². The van der Waals surface area contributed by atoms with Gasteiger partial charge in [0, 0.05) is 45.7 Å². The van der Waals surface area contributed by atoms with Gasteiger partial charge in [-0.3, -0.25) is 4.79 Å². The van der Waals surface area contributed by atoms with E-state index in [1.165, 1.54) is 64.2 Å². The number of carbonyl (C=O) groups excluding carboxylic acids is 1. The van der Waals surface area contributed by atoms with E-state index in [1.807, 2.05) is 0 Å². The standard InChI is InChI=1S/C26H39N5O/c32-25(19-26-16-20-13-21(17-26)15-22(14-20)18-26)31-11-9-30(10-12-31)24-6-5-23(27-28-24)29-7-3-1-2-4-8-29/h5-6,20-22H,1-4,7-19H2. The molecule has 2 saturated heterocycles. The molecule has 1 amide bonds. The zero-order valence-corrected chi connectivity index (χ0v) is 19.6. The summed E-state index contributed by atoms with van der Waals surface area (Å²) in [4.78, 5) is 20.1. The van der Waals surface area contributed by atoms with Gasteiger partial charge < -0.3 is 14.7 Å². The summed E-state index contributed by atoms with van der Waals surface area (Å²) < 4.78 is 0. The Morgan fingerprint density at radius 3 is 1.75 bits per heavy atom. The Morgan fingerprint density at radius 1 is 0.750 bits per heavy atom. The van der Waals surface area contributed by atoms with Crippen molar-refractivity contribution in [3.05, 3.63) is 12.1 Å². The van der Waals surface area contributed by atoms with Crippen LogP contribution < -0.4 is 9.80 Å². The average Bonchev–Trinajstić information content (AvgIpc) is 3.08. The molecule has 0 spiro atoms. The second-order valence-corrected chi connectivity index (χ2v) is 11.6. The fourth-order valence-corrected chi connectivity index (χ4v) is 8.08. The van der Waals surface area contributed by atoms with Gasteiger partial charge in [-0.1, -0.05) is 12.8 Å². The van der Waals surface area contributed by atoms with Crippen molar-refractivity contribution in [1.82, 2.24) is 15.1 Å². The number of hydrogen-bond donors (Lipinski definition) is 0. The fourth-order valence-electron chi connectivity index (χ4n) is 8.08. The van der Waals surface area contributed by atoms with Crippen molar-refractivity contribution in [1.29, 1.82) is 0 Å². The van der Waals surface area contributed by atoms with E-state index in [0.29, 0.717) is 11.3 Å². The lowest BCUT2D eigenvalue weighted by molar-refractivity contribution is -0.139. The van der Waals surface area contributed by atoms with Gasteiger partial charge in [0.25, 0.3) is 0 Å². The molecule has 174 valence electrons. The third-order valence-corrected chi connectivity index (χ3v) is 9.21. The lowest BCUT2D eigenvalue weighted by Gasteiger charge is -2.57. The number of carbonyl (C=O) groups is 1. The molecule has 4 saturated carbocycles. The molecule has 3 heterocycles. The minimum absolute atomic E-state index is 0.345. The highest BCUT2D eigenvalue weighted by molar-refractivity contribution is 5.77. The van der Waals surface area contributed by atoms with Gasteiger partial charge in [-0.15, -0.1) is 10.2 Å². The number of piperazine rings is 1. The lowest BCUT2D eigenvalue weighted by Crippen LogP contribution is -2.52. The normalized spacial score (nSPS) is 34.6. The summed E-state index contributed by atoms with van der Waals surface area (Å²) in [5.74, 6) is 5.14. The second-order valence-electron chi connectivity index (χ2n) is 11.6. The Hall–Kier alpha value is -1.85. The molecule has 6 fully saturated rings. The van der Waals surface area contributed by atoms with E-state index in [9.17, 15) is 4.79 Å². The van der Waals surface area contributed by atoms with E-state index in [1.54, 1.807) is 0 Å². The molecule has 0 radical (unpaired) electrons. The first kappa shape index (κ1) is 20.7. The van der Waals surface area contributed by atoms with Gasteiger partial charge >= 0.3 is 0 Å². The van der Waals surface area contributed by atoms with Crippen LogP contribution in [0.15, 0.2) is 12.1 Å². The van der Waals surface area contributed by atoms with E-state index in [-0.39, 0.29) is 0 Å². The highest BCUT2D eigenvalue weighted by Crippen LogP contribution is 2.61. The van der Waals surface area contributed by atoms with Gasteiger partial charge in [0.05, 0.1) is 0 Å². The SMILES string of the molecule is O=C(CC12CC3CC(CC(C3)C1)C2)N1CCN(c2ccc(N3CCCCCC3)nn2)CC1. The maximum Gasteiger partial charge on any atom is 0.223 e. The van der Waals surface area contributed by atoms with Crippen LogP contribution in [0.4, 0.5) is 11.6 Å². The van der Waals surface area contributed by atoms with Crippen molar-refractivity contribution in [2.75, 3.05) is 49.1 Å². The highest BCUT2D eigenvalue weighted by Gasteiger charge is 2.51. The molecule has 1 aromatic rings. The van der Waals surface area contributed by atoms with E-state index >= 15 is 0 Å². The number of aromatic nitrogens is 2. The van der Waals surface area contributed by atoms with Crippen molar-refractivity contribution in [2.45, 2.75) is 70.6 Å². The van der Waals surface area contributed by atoms with Crippen LogP contribution in [0.25, 0.3) is 0 Å². The van der Waals surface area contributed by atoms with Gasteiger partial charge in [0.1, 0.15) is 0 Å². The minimum atomic E-state index is 0.345. The predicted molar refractivity (Wildman–Crippen MR) is 127 cm³/mol. The maximum atomic E-state index is 13.2. The molecular weight excluding hydrogens is 398 g/mol. The zero-order chi connectivity index (χ0) is 21.5. The van der Waals surface area contributed by atoms with Crippen LogP contribution in [0.5, 0.6) is 0 Å². The van der Waals surface area contributed by atoms with Crippen LogP contribution in [0.1, 0.15) is 70.6 Å². The number of rotatable bonds is 4. The molecule has 0 atom stereocenters. The number of amides is 1.